The minimum Gasteiger partial charge on any atom is -0.457 e. The molecule has 18 heavy (non-hydrogen) atoms. The number of halogens is 2. The molecule has 0 unspecified atom stereocenters. The van der Waals surface area contributed by atoms with E-state index in [1.807, 2.05) is 25.1 Å². The van der Waals surface area contributed by atoms with Gasteiger partial charge in [0, 0.05) is 15.1 Å². The monoisotopic (exact) mass is 326 g/mol. The molecule has 0 saturated carbocycles. The van der Waals surface area contributed by atoms with Crippen molar-refractivity contribution in [3.63, 3.8) is 0 Å². The molecule has 0 fully saturated rings. The molecule has 0 aromatic heterocycles. The standard InChI is InChI=1S/C14H12BrClO2/c1-9-7-10(15)5-6-13(9)18-14-4-2-3-12(16)11(14)8-17/h2-7,17H,8H2,1H3. The van der Waals surface area contributed by atoms with Crippen molar-refractivity contribution in [3.8, 4) is 11.5 Å². The van der Waals surface area contributed by atoms with E-state index in [4.69, 9.17) is 16.3 Å². The minimum absolute atomic E-state index is 0.148. The van der Waals surface area contributed by atoms with Crippen LogP contribution in [-0.2, 0) is 6.61 Å². The summed E-state index contributed by atoms with van der Waals surface area (Å²) in [6, 6.07) is 11.1. The third-order valence-corrected chi connectivity index (χ3v) is 3.44. The fourth-order valence-corrected chi connectivity index (χ4v) is 2.33. The largest absolute Gasteiger partial charge is 0.457 e. The summed E-state index contributed by atoms with van der Waals surface area (Å²) in [5.41, 5.74) is 1.61. The van der Waals surface area contributed by atoms with E-state index in [1.165, 1.54) is 0 Å². The van der Waals surface area contributed by atoms with Gasteiger partial charge in [-0.25, -0.2) is 0 Å². The zero-order chi connectivity index (χ0) is 13.1. The smallest absolute Gasteiger partial charge is 0.134 e. The molecule has 0 atom stereocenters. The summed E-state index contributed by atoms with van der Waals surface area (Å²) in [6.07, 6.45) is 0. The number of ether oxygens (including phenoxy) is 1. The Bertz CT molecular complexity index is 570. The third kappa shape index (κ3) is 2.86. The van der Waals surface area contributed by atoms with Gasteiger partial charge in [-0.3, -0.25) is 0 Å². The van der Waals surface area contributed by atoms with Gasteiger partial charge in [0.25, 0.3) is 0 Å². The van der Waals surface area contributed by atoms with Crippen LogP contribution in [0.1, 0.15) is 11.1 Å². The minimum atomic E-state index is -0.148. The molecule has 0 spiro atoms. The molecule has 0 aliphatic heterocycles. The highest BCUT2D eigenvalue weighted by Gasteiger charge is 2.09. The number of hydrogen-bond acceptors (Lipinski definition) is 2. The highest BCUT2D eigenvalue weighted by molar-refractivity contribution is 9.10. The maximum absolute atomic E-state index is 9.32. The van der Waals surface area contributed by atoms with E-state index in [0.29, 0.717) is 16.3 Å². The van der Waals surface area contributed by atoms with Gasteiger partial charge in [-0.1, -0.05) is 33.6 Å². The van der Waals surface area contributed by atoms with E-state index >= 15 is 0 Å². The van der Waals surface area contributed by atoms with Crippen molar-refractivity contribution in [3.05, 3.63) is 57.0 Å². The van der Waals surface area contributed by atoms with Crippen LogP contribution in [0.4, 0.5) is 0 Å². The second kappa shape index (κ2) is 5.74. The molecule has 0 aliphatic carbocycles. The zero-order valence-electron chi connectivity index (χ0n) is 9.78. The second-order valence-electron chi connectivity index (χ2n) is 3.89. The Hall–Kier alpha value is -1.03. The van der Waals surface area contributed by atoms with Gasteiger partial charge in [0.05, 0.1) is 6.61 Å². The van der Waals surface area contributed by atoms with Gasteiger partial charge in [-0.05, 0) is 42.8 Å². The lowest BCUT2D eigenvalue weighted by Gasteiger charge is -2.13. The molecule has 4 heteroatoms. The Morgan fingerprint density at radius 2 is 2.00 bits per heavy atom. The normalized spacial score (nSPS) is 10.4. The van der Waals surface area contributed by atoms with Crippen molar-refractivity contribution >= 4 is 27.5 Å². The van der Waals surface area contributed by atoms with Gasteiger partial charge in [0.15, 0.2) is 0 Å². The van der Waals surface area contributed by atoms with Crippen molar-refractivity contribution in [2.24, 2.45) is 0 Å². The van der Waals surface area contributed by atoms with Crippen LogP contribution >= 0.6 is 27.5 Å². The van der Waals surface area contributed by atoms with Crippen molar-refractivity contribution in [2.75, 3.05) is 0 Å². The van der Waals surface area contributed by atoms with Crippen LogP contribution in [0.15, 0.2) is 40.9 Å². The van der Waals surface area contributed by atoms with Gasteiger partial charge in [-0.15, -0.1) is 0 Å². The molecule has 2 nitrogen and oxygen atoms in total. The average molecular weight is 328 g/mol. The van der Waals surface area contributed by atoms with Crippen LogP contribution in [0, 0.1) is 6.92 Å². The molecule has 2 rings (SSSR count). The molecular formula is C14H12BrClO2. The second-order valence-corrected chi connectivity index (χ2v) is 5.21. The molecule has 0 amide bonds. The van der Waals surface area contributed by atoms with E-state index < -0.39 is 0 Å². The first-order valence-corrected chi connectivity index (χ1v) is 6.61. The highest BCUT2D eigenvalue weighted by Crippen LogP contribution is 2.32. The zero-order valence-corrected chi connectivity index (χ0v) is 12.1. The first kappa shape index (κ1) is 13.4. The molecule has 2 aromatic rings. The van der Waals surface area contributed by atoms with Crippen molar-refractivity contribution < 1.29 is 9.84 Å². The van der Waals surface area contributed by atoms with Crippen LogP contribution in [0.2, 0.25) is 5.02 Å². The number of aliphatic hydroxyl groups is 1. The topological polar surface area (TPSA) is 29.5 Å². The predicted molar refractivity (Wildman–Crippen MR) is 76.3 cm³/mol. The summed E-state index contributed by atoms with van der Waals surface area (Å²) >= 11 is 9.42. The van der Waals surface area contributed by atoms with Gasteiger partial charge < -0.3 is 9.84 Å². The average Bonchev–Trinajstić information content (AvgIpc) is 2.33. The highest BCUT2D eigenvalue weighted by atomic mass is 79.9. The van der Waals surface area contributed by atoms with Crippen LogP contribution in [-0.4, -0.2) is 5.11 Å². The Kier molecular flexibility index (Phi) is 4.27. The Morgan fingerprint density at radius 1 is 1.22 bits per heavy atom. The van der Waals surface area contributed by atoms with E-state index in [2.05, 4.69) is 15.9 Å². The van der Waals surface area contributed by atoms with Gasteiger partial charge in [0.2, 0.25) is 0 Å². The number of aryl methyl sites for hydroxylation is 1. The van der Waals surface area contributed by atoms with E-state index in [-0.39, 0.29) is 6.61 Å². The first-order chi connectivity index (χ1) is 8.61. The van der Waals surface area contributed by atoms with E-state index in [9.17, 15) is 5.11 Å². The van der Waals surface area contributed by atoms with Gasteiger partial charge >= 0.3 is 0 Å². The number of benzene rings is 2. The number of aliphatic hydroxyl groups excluding tert-OH is 1. The van der Waals surface area contributed by atoms with Crippen LogP contribution in [0.3, 0.4) is 0 Å². The lowest BCUT2D eigenvalue weighted by atomic mass is 10.2. The maximum atomic E-state index is 9.32. The van der Waals surface area contributed by atoms with Crippen molar-refractivity contribution in [1.29, 1.82) is 0 Å². The van der Waals surface area contributed by atoms with Gasteiger partial charge in [-0.2, -0.15) is 0 Å². The molecule has 0 bridgehead atoms. The van der Waals surface area contributed by atoms with E-state index in [0.717, 1.165) is 15.8 Å². The lowest BCUT2D eigenvalue weighted by Crippen LogP contribution is -1.94. The predicted octanol–water partition coefficient (Wildman–Crippen LogP) is 4.70. The summed E-state index contributed by atoms with van der Waals surface area (Å²) in [4.78, 5) is 0. The molecule has 1 N–H and O–H groups in total. The quantitative estimate of drug-likeness (QED) is 0.885. The molecule has 0 radical (unpaired) electrons. The molecular weight excluding hydrogens is 316 g/mol. The Balaban J connectivity index is 2.37. The summed E-state index contributed by atoms with van der Waals surface area (Å²) < 4.78 is 6.80. The molecule has 0 aliphatic rings. The molecule has 94 valence electrons. The Labute approximate surface area is 119 Å². The summed E-state index contributed by atoms with van der Waals surface area (Å²) in [6.45, 7) is 1.81. The Morgan fingerprint density at radius 3 is 2.67 bits per heavy atom. The molecule has 0 heterocycles. The summed E-state index contributed by atoms with van der Waals surface area (Å²) in [5, 5.41) is 9.82. The van der Waals surface area contributed by atoms with Crippen LogP contribution in [0.25, 0.3) is 0 Å². The SMILES string of the molecule is Cc1cc(Br)ccc1Oc1cccc(Cl)c1CO. The first-order valence-electron chi connectivity index (χ1n) is 5.44. The van der Waals surface area contributed by atoms with Crippen LogP contribution in [0.5, 0.6) is 11.5 Å². The fourth-order valence-electron chi connectivity index (χ4n) is 1.63. The van der Waals surface area contributed by atoms with Crippen molar-refractivity contribution in [2.45, 2.75) is 13.5 Å². The third-order valence-electron chi connectivity index (χ3n) is 2.59. The number of rotatable bonds is 3. The maximum Gasteiger partial charge on any atom is 0.134 e. The molecule has 0 saturated heterocycles. The number of hydrogen-bond donors (Lipinski definition) is 1. The van der Waals surface area contributed by atoms with Crippen molar-refractivity contribution in [1.82, 2.24) is 0 Å². The molecule has 2 aromatic carbocycles. The summed E-state index contributed by atoms with van der Waals surface area (Å²) in [5.74, 6) is 1.32. The van der Waals surface area contributed by atoms with Gasteiger partial charge in [0.1, 0.15) is 11.5 Å². The van der Waals surface area contributed by atoms with E-state index in [1.54, 1.807) is 18.2 Å². The lowest BCUT2D eigenvalue weighted by molar-refractivity contribution is 0.276. The van der Waals surface area contributed by atoms with Crippen LogP contribution < -0.4 is 4.74 Å². The fraction of sp³-hybridized carbons (Fsp3) is 0.143. The summed E-state index contributed by atoms with van der Waals surface area (Å²) in [7, 11) is 0.